The minimum atomic E-state index is -0.0781. The molecule has 0 amide bonds. The number of hydrogen-bond acceptors (Lipinski definition) is 4. The first-order valence-corrected chi connectivity index (χ1v) is 13.9. The Kier molecular flexibility index (Phi) is 9.49. The zero-order chi connectivity index (χ0) is 24.8. The molecule has 0 radical (unpaired) electrons. The van der Waals surface area contributed by atoms with Gasteiger partial charge in [-0.2, -0.15) is 0 Å². The third-order valence-corrected chi connectivity index (χ3v) is 8.73. The molecule has 4 nitrogen and oxygen atoms in total. The van der Waals surface area contributed by atoms with Crippen LogP contribution in [0.25, 0.3) is 0 Å². The van der Waals surface area contributed by atoms with Crippen molar-refractivity contribution in [2.24, 2.45) is 5.92 Å². The van der Waals surface area contributed by atoms with Crippen LogP contribution in [0.1, 0.15) is 110 Å². The molecule has 2 heterocycles. The number of fused-ring (bicyclic) bond motifs is 1. The van der Waals surface area contributed by atoms with Gasteiger partial charge < -0.3 is 9.47 Å². The van der Waals surface area contributed by atoms with Crippen LogP contribution < -0.4 is 4.74 Å². The average molecular weight is 472 g/mol. The number of piperidine rings is 2. The molecular formula is C30H49NO3. The van der Waals surface area contributed by atoms with Crippen molar-refractivity contribution >= 4 is 5.97 Å². The second kappa shape index (κ2) is 11.9. The molecule has 2 saturated heterocycles. The predicted octanol–water partition coefficient (Wildman–Crippen LogP) is 7.03. The van der Waals surface area contributed by atoms with Crippen LogP contribution in [0.15, 0.2) is 18.2 Å². The van der Waals surface area contributed by atoms with Crippen molar-refractivity contribution in [2.45, 2.75) is 116 Å². The highest BCUT2D eigenvalue weighted by molar-refractivity contribution is 5.69. The second-order valence-electron chi connectivity index (χ2n) is 11.8. The highest BCUT2D eigenvalue weighted by Gasteiger charge is 2.33. The molecule has 0 aliphatic carbocycles. The van der Waals surface area contributed by atoms with Crippen LogP contribution in [0.2, 0.25) is 0 Å². The van der Waals surface area contributed by atoms with Crippen molar-refractivity contribution in [1.82, 2.24) is 4.90 Å². The minimum Gasteiger partial charge on any atom is -0.493 e. The Morgan fingerprint density at radius 1 is 1.00 bits per heavy atom. The van der Waals surface area contributed by atoms with Gasteiger partial charge in [0.1, 0.15) is 5.75 Å². The SMILES string of the molecule is CCC(C)(C)c1ccc(OCCCC(=O)OC[C@@H]2CCCN3CCCC[C@H]23)c(C(C)(C)CC)c1. The number of esters is 1. The van der Waals surface area contributed by atoms with Crippen molar-refractivity contribution in [3.8, 4) is 5.75 Å². The first-order chi connectivity index (χ1) is 16.2. The number of ether oxygens (including phenoxy) is 2. The molecule has 4 heteroatoms. The smallest absolute Gasteiger partial charge is 0.305 e. The van der Waals surface area contributed by atoms with E-state index in [2.05, 4.69) is 64.6 Å². The molecule has 3 rings (SSSR count). The molecule has 0 bridgehead atoms. The van der Waals surface area contributed by atoms with Gasteiger partial charge in [0.15, 0.2) is 0 Å². The lowest BCUT2D eigenvalue weighted by atomic mass is 9.76. The van der Waals surface area contributed by atoms with Crippen LogP contribution in [-0.4, -0.2) is 43.2 Å². The van der Waals surface area contributed by atoms with Crippen LogP contribution in [-0.2, 0) is 20.4 Å². The molecule has 0 unspecified atom stereocenters. The van der Waals surface area contributed by atoms with Crippen molar-refractivity contribution in [1.29, 1.82) is 0 Å². The van der Waals surface area contributed by atoms with Crippen LogP contribution in [0.3, 0.4) is 0 Å². The van der Waals surface area contributed by atoms with Gasteiger partial charge in [0.2, 0.25) is 0 Å². The molecule has 2 fully saturated rings. The molecule has 1 aromatic rings. The summed E-state index contributed by atoms with van der Waals surface area (Å²) in [4.78, 5) is 15.1. The van der Waals surface area contributed by atoms with Crippen LogP contribution in [0.4, 0.5) is 0 Å². The highest BCUT2D eigenvalue weighted by Crippen LogP contribution is 2.38. The Morgan fingerprint density at radius 3 is 2.47 bits per heavy atom. The fourth-order valence-corrected chi connectivity index (χ4v) is 5.44. The zero-order valence-corrected chi connectivity index (χ0v) is 22.8. The third kappa shape index (κ3) is 6.77. The van der Waals surface area contributed by atoms with Crippen molar-refractivity contribution < 1.29 is 14.3 Å². The van der Waals surface area contributed by atoms with E-state index in [1.807, 2.05) is 0 Å². The van der Waals surface area contributed by atoms with Gasteiger partial charge in [-0.3, -0.25) is 9.69 Å². The highest BCUT2D eigenvalue weighted by atomic mass is 16.5. The Morgan fingerprint density at radius 2 is 1.74 bits per heavy atom. The van der Waals surface area contributed by atoms with Gasteiger partial charge in [-0.25, -0.2) is 0 Å². The number of hydrogen-bond donors (Lipinski definition) is 0. The molecule has 2 aliphatic heterocycles. The molecule has 192 valence electrons. The number of carbonyl (C=O) groups excluding carboxylic acids is 1. The average Bonchev–Trinajstić information content (AvgIpc) is 2.85. The number of carbonyl (C=O) groups is 1. The number of rotatable bonds is 11. The van der Waals surface area contributed by atoms with Crippen LogP contribution >= 0.6 is 0 Å². The first-order valence-electron chi connectivity index (χ1n) is 13.9. The Hall–Kier alpha value is -1.55. The van der Waals surface area contributed by atoms with E-state index < -0.39 is 0 Å². The maximum absolute atomic E-state index is 12.4. The first kappa shape index (κ1) is 27.0. The van der Waals surface area contributed by atoms with Crippen LogP contribution in [0, 0.1) is 5.92 Å². The number of benzene rings is 1. The Labute approximate surface area is 208 Å². The summed E-state index contributed by atoms with van der Waals surface area (Å²) in [6, 6.07) is 7.31. The summed E-state index contributed by atoms with van der Waals surface area (Å²) in [6.07, 6.45) is 9.58. The van der Waals surface area contributed by atoms with Gasteiger partial charge in [0.05, 0.1) is 13.2 Å². The predicted molar refractivity (Wildman–Crippen MR) is 141 cm³/mol. The fourth-order valence-electron chi connectivity index (χ4n) is 5.44. The van der Waals surface area contributed by atoms with E-state index in [1.54, 1.807) is 0 Å². The molecular weight excluding hydrogens is 422 g/mol. The van der Waals surface area contributed by atoms with Gasteiger partial charge in [0, 0.05) is 23.9 Å². The van der Waals surface area contributed by atoms with Gasteiger partial charge in [-0.15, -0.1) is 0 Å². The van der Waals surface area contributed by atoms with Crippen molar-refractivity contribution in [3.63, 3.8) is 0 Å². The molecule has 0 aromatic heterocycles. The van der Waals surface area contributed by atoms with E-state index in [1.165, 1.54) is 56.3 Å². The van der Waals surface area contributed by atoms with E-state index in [4.69, 9.17) is 9.47 Å². The van der Waals surface area contributed by atoms with E-state index >= 15 is 0 Å². The normalized spacial score (nSPS) is 21.7. The maximum Gasteiger partial charge on any atom is 0.305 e. The summed E-state index contributed by atoms with van der Waals surface area (Å²) >= 11 is 0. The lowest BCUT2D eigenvalue weighted by Crippen LogP contribution is -2.49. The van der Waals surface area contributed by atoms with Gasteiger partial charge in [-0.05, 0) is 80.5 Å². The molecule has 2 aliphatic rings. The zero-order valence-electron chi connectivity index (χ0n) is 22.8. The quantitative estimate of drug-likeness (QED) is 0.256. The minimum absolute atomic E-state index is 0.0428. The molecule has 0 spiro atoms. The van der Waals surface area contributed by atoms with Gasteiger partial charge >= 0.3 is 5.97 Å². The Balaban J connectivity index is 1.49. The van der Waals surface area contributed by atoms with Crippen molar-refractivity contribution in [2.75, 3.05) is 26.3 Å². The summed E-state index contributed by atoms with van der Waals surface area (Å²) in [7, 11) is 0. The topological polar surface area (TPSA) is 38.8 Å². The maximum atomic E-state index is 12.4. The van der Waals surface area contributed by atoms with Gasteiger partial charge in [0.25, 0.3) is 0 Å². The molecule has 0 N–H and O–H groups in total. The molecule has 1 aromatic carbocycles. The molecule has 2 atom stereocenters. The second-order valence-corrected chi connectivity index (χ2v) is 11.8. The summed E-state index contributed by atoms with van der Waals surface area (Å²) < 4.78 is 12.0. The van der Waals surface area contributed by atoms with E-state index in [9.17, 15) is 4.79 Å². The number of nitrogens with zero attached hydrogens (tertiary/aromatic N) is 1. The monoisotopic (exact) mass is 471 g/mol. The van der Waals surface area contributed by atoms with E-state index in [0.717, 1.165) is 18.6 Å². The summed E-state index contributed by atoms with van der Waals surface area (Å²) in [5, 5.41) is 0. The van der Waals surface area contributed by atoms with E-state index in [-0.39, 0.29) is 16.8 Å². The van der Waals surface area contributed by atoms with Gasteiger partial charge in [-0.1, -0.05) is 60.1 Å². The largest absolute Gasteiger partial charge is 0.493 e. The molecule has 34 heavy (non-hydrogen) atoms. The molecule has 0 saturated carbocycles. The third-order valence-electron chi connectivity index (χ3n) is 8.73. The lowest BCUT2D eigenvalue weighted by molar-refractivity contribution is -0.146. The summed E-state index contributed by atoms with van der Waals surface area (Å²) in [5.74, 6) is 1.39. The van der Waals surface area contributed by atoms with Crippen molar-refractivity contribution in [3.05, 3.63) is 29.3 Å². The Bertz CT molecular complexity index is 798. The van der Waals surface area contributed by atoms with Crippen LogP contribution in [0.5, 0.6) is 5.75 Å². The van der Waals surface area contributed by atoms with E-state index in [0.29, 0.717) is 38.0 Å². The summed E-state index contributed by atoms with van der Waals surface area (Å²) in [6.45, 7) is 17.2. The lowest BCUT2D eigenvalue weighted by Gasteiger charge is -2.44. The fraction of sp³-hybridized carbons (Fsp3) is 0.767. The standard InChI is InChI=1S/C30H49NO3/c1-7-29(3,4)24-16-17-27(25(21-24)30(5,6)8-2)33-20-12-15-28(32)34-22-23-13-11-19-31-18-10-9-14-26(23)31/h16-17,21,23,26H,7-15,18-20,22H2,1-6H3/t23-,26+/m0/s1. The summed E-state index contributed by atoms with van der Waals surface area (Å²) in [5.41, 5.74) is 2.82.